The summed E-state index contributed by atoms with van der Waals surface area (Å²) in [5.74, 6) is 0.118. The van der Waals surface area contributed by atoms with Crippen LogP contribution in [0.15, 0.2) is 36.5 Å². The molecule has 2 aliphatic rings. The summed E-state index contributed by atoms with van der Waals surface area (Å²) in [6.45, 7) is 5.20. The fraction of sp³-hybridized carbons (Fsp3) is 0.450. The molecule has 0 spiro atoms. The summed E-state index contributed by atoms with van der Waals surface area (Å²) in [5.41, 5.74) is 2.15. The van der Waals surface area contributed by atoms with Gasteiger partial charge in [-0.15, -0.1) is 0 Å². The first-order valence-electron chi connectivity index (χ1n) is 9.21. The van der Waals surface area contributed by atoms with Crippen LogP contribution in [-0.2, 0) is 16.1 Å². The van der Waals surface area contributed by atoms with Crippen molar-refractivity contribution >= 4 is 22.7 Å². The number of fused-ring (bicyclic) bond motifs is 2. The molecule has 0 saturated carbocycles. The zero-order valence-corrected chi connectivity index (χ0v) is 15.1. The van der Waals surface area contributed by atoms with Crippen LogP contribution in [0.4, 0.5) is 0 Å². The molecule has 3 atom stereocenters. The molecule has 2 amide bonds. The number of aromatic nitrogens is 1. The van der Waals surface area contributed by atoms with Crippen molar-refractivity contribution < 1.29 is 9.59 Å². The molecule has 2 saturated heterocycles. The van der Waals surface area contributed by atoms with Gasteiger partial charge in [-0.2, -0.15) is 0 Å². The topological polar surface area (TPSA) is 74.3 Å². The lowest BCUT2D eigenvalue weighted by molar-refractivity contribution is -0.148. The molecule has 6 nitrogen and oxygen atoms in total. The van der Waals surface area contributed by atoms with Gasteiger partial charge in [0.15, 0.2) is 0 Å². The van der Waals surface area contributed by atoms with Gasteiger partial charge in [0.2, 0.25) is 11.8 Å². The number of hydrogen-bond acceptors (Lipinski definition) is 4. The van der Waals surface area contributed by atoms with Crippen LogP contribution in [0.1, 0.15) is 25.8 Å². The average Bonchev–Trinajstić information content (AvgIpc) is 3.08. The Morgan fingerprint density at radius 1 is 1.27 bits per heavy atom. The lowest BCUT2D eigenvalue weighted by Crippen LogP contribution is -2.62. The van der Waals surface area contributed by atoms with Crippen molar-refractivity contribution in [3.05, 3.63) is 42.1 Å². The SMILES string of the molecule is CC(C)[C@H]1NC(=O)[C@@H]2C[C@H](NCc3cccc4ncccc34)CN2C1=O. The Hall–Kier alpha value is -2.47. The second kappa shape index (κ2) is 6.68. The van der Waals surface area contributed by atoms with Crippen LogP contribution in [0, 0.1) is 5.92 Å². The highest BCUT2D eigenvalue weighted by atomic mass is 16.2. The van der Waals surface area contributed by atoms with Crippen LogP contribution in [-0.4, -0.2) is 46.4 Å². The second-order valence-electron chi connectivity index (χ2n) is 7.54. The zero-order valence-electron chi connectivity index (χ0n) is 15.1. The molecular formula is C20H24N4O2. The number of carbonyl (C=O) groups is 2. The van der Waals surface area contributed by atoms with E-state index in [0.29, 0.717) is 19.5 Å². The van der Waals surface area contributed by atoms with E-state index in [2.05, 4.69) is 27.8 Å². The molecule has 2 fully saturated rings. The number of piperazine rings is 1. The van der Waals surface area contributed by atoms with E-state index in [9.17, 15) is 9.59 Å². The Morgan fingerprint density at radius 3 is 2.92 bits per heavy atom. The molecule has 3 heterocycles. The first kappa shape index (κ1) is 17.0. The summed E-state index contributed by atoms with van der Waals surface area (Å²) in [7, 11) is 0. The molecule has 0 bridgehead atoms. The average molecular weight is 352 g/mol. The highest BCUT2D eigenvalue weighted by Gasteiger charge is 2.46. The summed E-state index contributed by atoms with van der Waals surface area (Å²) in [6, 6.07) is 9.49. The van der Waals surface area contributed by atoms with E-state index in [1.54, 1.807) is 11.1 Å². The summed E-state index contributed by atoms with van der Waals surface area (Å²) >= 11 is 0. The number of amides is 2. The van der Waals surface area contributed by atoms with Crippen molar-refractivity contribution in [2.24, 2.45) is 5.92 Å². The molecule has 1 aromatic carbocycles. The predicted molar refractivity (Wildman–Crippen MR) is 99.3 cm³/mol. The molecule has 4 rings (SSSR count). The van der Waals surface area contributed by atoms with E-state index in [1.807, 2.05) is 32.0 Å². The largest absolute Gasteiger partial charge is 0.342 e. The first-order valence-corrected chi connectivity index (χ1v) is 9.21. The normalized spacial score (nSPS) is 25.7. The predicted octanol–water partition coefficient (Wildman–Crippen LogP) is 1.45. The maximum atomic E-state index is 12.7. The Morgan fingerprint density at radius 2 is 2.12 bits per heavy atom. The third-order valence-corrected chi connectivity index (χ3v) is 5.43. The van der Waals surface area contributed by atoms with Crippen LogP contribution in [0.3, 0.4) is 0 Å². The van der Waals surface area contributed by atoms with Crippen molar-refractivity contribution in [1.29, 1.82) is 0 Å². The lowest BCUT2D eigenvalue weighted by atomic mass is 9.98. The number of carbonyl (C=O) groups excluding carboxylic acids is 2. The molecule has 1 aromatic heterocycles. The van der Waals surface area contributed by atoms with Gasteiger partial charge in [-0.25, -0.2) is 0 Å². The molecule has 0 unspecified atom stereocenters. The minimum atomic E-state index is -0.401. The lowest BCUT2D eigenvalue weighted by Gasteiger charge is -2.36. The van der Waals surface area contributed by atoms with Crippen LogP contribution < -0.4 is 10.6 Å². The van der Waals surface area contributed by atoms with Gasteiger partial charge in [-0.3, -0.25) is 14.6 Å². The van der Waals surface area contributed by atoms with E-state index in [0.717, 1.165) is 10.9 Å². The van der Waals surface area contributed by atoms with E-state index >= 15 is 0 Å². The molecule has 6 heteroatoms. The molecule has 0 aliphatic carbocycles. The Balaban J connectivity index is 1.46. The highest BCUT2D eigenvalue weighted by Crippen LogP contribution is 2.25. The standard InChI is InChI=1S/C20H24N4O2/c1-12(2)18-20(26)24-11-14(9-17(24)19(25)23-18)22-10-13-5-3-7-16-15(13)6-4-8-21-16/h3-8,12,14,17-18,22H,9-11H2,1-2H3,(H,23,25)/t14-,17-,18+/m0/s1. The third-order valence-electron chi connectivity index (χ3n) is 5.43. The van der Waals surface area contributed by atoms with E-state index in [-0.39, 0.29) is 29.8 Å². The number of hydrogen-bond donors (Lipinski definition) is 2. The molecule has 26 heavy (non-hydrogen) atoms. The molecule has 2 aromatic rings. The van der Waals surface area contributed by atoms with E-state index in [1.165, 1.54) is 5.56 Å². The minimum absolute atomic E-state index is 0.0260. The molecular weight excluding hydrogens is 328 g/mol. The van der Waals surface area contributed by atoms with Gasteiger partial charge in [-0.1, -0.05) is 32.0 Å². The third kappa shape index (κ3) is 2.94. The molecule has 0 radical (unpaired) electrons. The monoisotopic (exact) mass is 352 g/mol. The minimum Gasteiger partial charge on any atom is -0.342 e. The van der Waals surface area contributed by atoms with Crippen molar-refractivity contribution in [3.63, 3.8) is 0 Å². The summed E-state index contributed by atoms with van der Waals surface area (Å²) < 4.78 is 0. The van der Waals surface area contributed by atoms with Gasteiger partial charge in [0, 0.05) is 30.7 Å². The first-order chi connectivity index (χ1) is 12.5. The quantitative estimate of drug-likeness (QED) is 0.873. The van der Waals surface area contributed by atoms with Crippen molar-refractivity contribution in [1.82, 2.24) is 20.5 Å². The highest BCUT2D eigenvalue weighted by molar-refractivity contribution is 5.97. The number of pyridine rings is 1. The van der Waals surface area contributed by atoms with E-state index in [4.69, 9.17) is 0 Å². The van der Waals surface area contributed by atoms with Gasteiger partial charge in [0.25, 0.3) is 0 Å². The Kier molecular flexibility index (Phi) is 4.36. The summed E-state index contributed by atoms with van der Waals surface area (Å²) in [4.78, 5) is 31.2. The summed E-state index contributed by atoms with van der Waals surface area (Å²) in [6.07, 6.45) is 2.45. The van der Waals surface area contributed by atoms with Gasteiger partial charge in [-0.05, 0) is 30.0 Å². The Labute approximate surface area is 153 Å². The van der Waals surface area contributed by atoms with Crippen LogP contribution in [0.25, 0.3) is 10.9 Å². The van der Waals surface area contributed by atoms with Crippen molar-refractivity contribution in [2.45, 2.75) is 44.9 Å². The van der Waals surface area contributed by atoms with Crippen LogP contribution in [0.2, 0.25) is 0 Å². The number of nitrogens with one attached hydrogen (secondary N) is 2. The van der Waals surface area contributed by atoms with Crippen LogP contribution >= 0.6 is 0 Å². The Bertz CT molecular complexity index is 845. The summed E-state index contributed by atoms with van der Waals surface area (Å²) in [5, 5.41) is 7.55. The van der Waals surface area contributed by atoms with Crippen molar-refractivity contribution in [3.8, 4) is 0 Å². The van der Waals surface area contributed by atoms with Gasteiger partial charge in [0.1, 0.15) is 12.1 Å². The fourth-order valence-corrected chi connectivity index (χ4v) is 3.99. The molecule has 2 aliphatic heterocycles. The smallest absolute Gasteiger partial charge is 0.246 e. The maximum Gasteiger partial charge on any atom is 0.246 e. The second-order valence-corrected chi connectivity index (χ2v) is 7.54. The number of nitrogens with zero attached hydrogens (tertiary/aromatic N) is 2. The number of rotatable bonds is 4. The fourth-order valence-electron chi connectivity index (χ4n) is 3.99. The molecule has 136 valence electrons. The van der Waals surface area contributed by atoms with Crippen LogP contribution in [0.5, 0.6) is 0 Å². The van der Waals surface area contributed by atoms with Gasteiger partial charge in [0.05, 0.1) is 5.52 Å². The van der Waals surface area contributed by atoms with Gasteiger partial charge < -0.3 is 15.5 Å². The van der Waals surface area contributed by atoms with E-state index < -0.39 is 6.04 Å². The zero-order chi connectivity index (χ0) is 18.3. The maximum absolute atomic E-state index is 12.7. The van der Waals surface area contributed by atoms with Gasteiger partial charge >= 0.3 is 0 Å². The molecule has 2 N–H and O–H groups in total. The van der Waals surface area contributed by atoms with Crippen molar-refractivity contribution in [2.75, 3.05) is 6.54 Å². The number of benzene rings is 1.